The number of amides is 2. The summed E-state index contributed by atoms with van der Waals surface area (Å²) in [6.07, 6.45) is -0.372. The number of nitrogens with two attached hydrogens (primary N) is 1. The summed E-state index contributed by atoms with van der Waals surface area (Å²) in [5.41, 5.74) is 7.82. The van der Waals surface area contributed by atoms with Gasteiger partial charge in [0.25, 0.3) is 0 Å². The van der Waals surface area contributed by atoms with E-state index in [9.17, 15) is 19.5 Å². The van der Waals surface area contributed by atoms with Gasteiger partial charge in [0.15, 0.2) is 11.9 Å². The quantitative estimate of drug-likeness (QED) is 0.123. The van der Waals surface area contributed by atoms with Gasteiger partial charge in [-0.05, 0) is 77.5 Å². The van der Waals surface area contributed by atoms with Crippen molar-refractivity contribution < 1.29 is 29.0 Å². The van der Waals surface area contributed by atoms with Crippen molar-refractivity contribution in [2.75, 3.05) is 23.5 Å². The van der Waals surface area contributed by atoms with Gasteiger partial charge in [-0.1, -0.05) is 28.1 Å². The van der Waals surface area contributed by atoms with Crippen LogP contribution < -0.4 is 16.4 Å². The highest BCUT2D eigenvalue weighted by molar-refractivity contribution is 9.11. The molecule has 9 nitrogen and oxygen atoms in total. The Kier molecular flexibility index (Phi) is 10.1. The monoisotopic (exact) mass is 645 g/mol. The van der Waals surface area contributed by atoms with E-state index in [-0.39, 0.29) is 17.1 Å². The summed E-state index contributed by atoms with van der Waals surface area (Å²) < 4.78 is 12.2. The van der Waals surface area contributed by atoms with E-state index in [1.165, 1.54) is 26.2 Å². The molecule has 0 bridgehead atoms. The highest BCUT2D eigenvalue weighted by atomic mass is 79.9. The zero-order valence-electron chi connectivity index (χ0n) is 20.4. The van der Waals surface area contributed by atoms with E-state index < -0.39 is 24.2 Å². The first-order valence-electron chi connectivity index (χ1n) is 11.2. The maximum absolute atomic E-state index is 12.9. The van der Waals surface area contributed by atoms with Crippen LogP contribution in [0.15, 0.2) is 81.8 Å². The molecule has 0 aliphatic rings. The van der Waals surface area contributed by atoms with E-state index in [2.05, 4.69) is 42.5 Å². The fourth-order valence-corrected chi connectivity index (χ4v) is 4.69. The molecule has 0 heterocycles. The summed E-state index contributed by atoms with van der Waals surface area (Å²) in [4.78, 5) is 36.9. The third kappa shape index (κ3) is 7.67. The number of benzene rings is 3. The number of methoxy groups -OCH3 is 1. The molecule has 3 aromatic carbocycles. The van der Waals surface area contributed by atoms with Gasteiger partial charge in [0.1, 0.15) is 11.9 Å². The van der Waals surface area contributed by atoms with E-state index in [1.54, 1.807) is 60.7 Å². The van der Waals surface area contributed by atoms with Gasteiger partial charge in [-0.3, -0.25) is 14.9 Å². The number of hydrogen-bond acceptors (Lipinski definition) is 7. The van der Waals surface area contributed by atoms with Crippen molar-refractivity contribution in [1.29, 1.82) is 0 Å². The fourth-order valence-electron chi connectivity index (χ4n) is 3.43. The number of phenols is 1. The normalized spacial score (nSPS) is 12.5. The molecule has 3 rings (SSSR count). The first-order valence-corrected chi connectivity index (χ1v) is 12.8. The van der Waals surface area contributed by atoms with E-state index in [0.717, 1.165) is 0 Å². The molecule has 0 aromatic heterocycles. The predicted molar refractivity (Wildman–Crippen MR) is 152 cm³/mol. The van der Waals surface area contributed by atoms with E-state index in [1.807, 2.05) is 0 Å². The Morgan fingerprint density at radius 2 is 1.71 bits per heavy atom. The number of Topliss-reactive ketones (excluding diaryl/α,β-unsaturated/α-hetero) is 1. The molecular formula is C27H25Br2N3O6. The molecule has 0 aliphatic heterocycles. The lowest BCUT2D eigenvalue weighted by atomic mass is 10.0. The lowest BCUT2D eigenvalue weighted by Gasteiger charge is -2.25. The maximum Gasteiger partial charge on any atom is 0.412 e. The number of carbonyl (C=O) groups is 3. The maximum atomic E-state index is 12.9. The van der Waals surface area contributed by atoms with Crippen molar-refractivity contribution in [3.8, 4) is 5.75 Å². The van der Waals surface area contributed by atoms with E-state index in [4.69, 9.17) is 15.2 Å². The summed E-state index contributed by atoms with van der Waals surface area (Å²) in [6, 6.07) is 16.3. The first-order chi connectivity index (χ1) is 18.1. The Bertz CT molecular complexity index is 1360. The average molecular weight is 647 g/mol. The minimum atomic E-state index is -1.17. The van der Waals surface area contributed by atoms with Gasteiger partial charge in [-0.2, -0.15) is 0 Å². The Morgan fingerprint density at radius 3 is 2.34 bits per heavy atom. The smallest absolute Gasteiger partial charge is 0.412 e. The van der Waals surface area contributed by atoms with Crippen LogP contribution in [-0.4, -0.2) is 36.1 Å². The molecule has 3 aromatic rings. The number of para-hydroxylation sites is 2. The van der Waals surface area contributed by atoms with Crippen LogP contribution in [0.5, 0.6) is 5.75 Å². The number of aromatic hydroxyl groups is 1. The Balaban J connectivity index is 1.86. The van der Waals surface area contributed by atoms with Gasteiger partial charge in [-0.15, -0.1) is 0 Å². The summed E-state index contributed by atoms with van der Waals surface area (Å²) in [5, 5.41) is 16.0. The second-order valence-corrected chi connectivity index (χ2v) is 9.82. The largest absolute Gasteiger partial charge is 0.506 e. The molecule has 2 amide bonds. The molecule has 0 aliphatic carbocycles. The Morgan fingerprint density at radius 1 is 1.03 bits per heavy atom. The molecule has 0 radical (unpaired) electrons. The van der Waals surface area contributed by atoms with Crippen LogP contribution in [0.2, 0.25) is 0 Å². The number of phenolic OH excluding ortho intramolecular Hbond substituents is 1. The van der Waals surface area contributed by atoms with Crippen LogP contribution >= 0.6 is 31.9 Å². The fraction of sp³-hybridized carbons (Fsp3) is 0.148. The number of hydrogen-bond donors (Lipinski definition) is 4. The van der Waals surface area contributed by atoms with Crippen LogP contribution in [-0.2, 0) is 14.3 Å². The molecule has 0 unspecified atom stereocenters. The number of ketones is 1. The average Bonchev–Trinajstić information content (AvgIpc) is 2.87. The molecule has 0 saturated carbocycles. The molecule has 11 heteroatoms. The minimum Gasteiger partial charge on any atom is -0.506 e. The van der Waals surface area contributed by atoms with Crippen molar-refractivity contribution in [1.82, 2.24) is 0 Å². The van der Waals surface area contributed by atoms with Gasteiger partial charge in [0.05, 0.1) is 15.8 Å². The van der Waals surface area contributed by atoms with Gasteiger partial charge < -0.3 is 25.6 Å². The molecule has 0 spiro atoms. The predicted octanol–water partition coefficient (Wildman–Crippen LogP) is 6.20. The zero-order valence-corrected chi connectivity index (χ0v) is 23.6. The molecule has 198 valence electrons. The Hall–Kier alpha value is -3.67. The van der Waals surface area contributed by atoms with Crippen molar-refractivity contribution >= 4 is 66.7 Å². The number of nitrogen functional groups attached to an aromatic ring is 1. The van der Waals surface area contributed by atoms with Crippen LogP contribution in [0.4, 0.5) is 21.9 Å². The van der Waals surface area contributed by atoms with Crippen molar-refractivity contribution in [2.45, 2.75) is 19.1 Å². The van der Waals surface area contributed by atoms with E-state index in [0.29, 0.717) is 31.6 Å². The molecule has 0 saturated heterocycles. The van der Waals surface area contributed by atoms with Crippen molar-refractivity contribution in [2.24, 2.45) is 0 Å². The molecule has 2 atom stereocenters. The highest BCUT2D eigenvalue weighted by Crippen LogP contribution is 2.39. The third-order valence-corrected chi connectivity index (χ3v) is 6.42. The van der Waals surface area contributed by atoms with Crippen LogP contribution in [0.1, 0.15) is 28.9 Å². The Labute approximate surface area is 236 Å². The summed E-state index contributed by atoms with van der Waals surface area (Å²) >= 11 is 6.65. The van der Waals surface area contributed by atoms with Gasteiger partial charge >= 0.3 is 6.09 Å². The molecule has 0 fully saturated rings. The lowest BCUT2D eigenvalue weighted by Crippen LogP contribution is -2.27. The topological polar surface area (TPSA) is 140 Å². The number of anilines is 3. The second kappa shape index (κ2) is 13.2. The molecular weight excluding hydrogens is 622 g/mol. The number of ether oxygens (including phenoxy) is 2. The number of carbonyl (C=O) groups excluding carboxylic acids is 3. The number of rotatable bonds is 9. The number of halogens is 2. The zero-order chi connectivity index (χ0) is 27.8. The van der Waals surface area contributed by atoms with Crippen LogP contribution in [0.25, 0.3) is 0 Å². The third-order valence-electron chi connectivity index (χ3n) is 5.36. The molecule has 38 heavy (non-hydrogen) atoms. The second-order valence-electron chi connectivity index (χ2n) is 8.05. The lowest BCUT2D eigenvalue weighted by molar-refractivity contribution is -0.112. The van der Waals surface area contributed by atoms with Crippen molar-refractivity contribution in [3.05, 3.63) is 92.9 Å². The van der Waals surface area contributed by atoms with E-state index >= 15 is 0 Å². The summed E-state index contributed by atoms with van der Waals surface area (Å²) in [5.74, 6) is -0.768. The van der Waals surface area contributed by atoms with Gasteiger partial charge in [0.2, 0.25) is 5.91 Å². The van der Waals surface area contributed by atoms with Gasteiger partial charge in [-0.25, -0.2) is 4.79 Å². The van der Waals surface area contributed by atoms with Crippen LogP contribution in [0.3, 0.4) is 0 Å². The summed E-state index contributed by atoms with van der Waals surface area (Å²) in [7, 11) is 1.38. The van der Waals surface area contributed by atoms with Crippen LogP contribution in [0, 0.1) is 0 Å². The molecule has 5 N–H and O–H groups in total. The highest BCUT2D eigenvalue weighted by Gasteiger charge is 2.29. The minimum absolute atomic E-state index is 0.108. The standard InChI is InChI=1S/C27H25Br2N3O6/c1-15(33)16-7-9-18(10-8-16)31-27(36)38-26(19-13-17(28)14-20(29)25(19)35)23(37-2)11-12-24(34)32-22-6-4-3-5-21(22)30/h3-14,23,26,35H,30H2,1-2H3,(H,31,36)(H,32,34)/b12-11+/t23-,26-/m0/s1. The number of nitrogens with one attached hydrogen (secondary N) is 2. The SMILES string of the molecule is CO[C@@H](/C=C/C(=O)Nc1ccccc1N)[C@@H](OC(=O)Nc1ccc(C(C)=O)cc1)c1cc(Br)cc(Br)c1O. The van der Waals surface area contributed by atoms with Gasteiger partial charge in [0, 0.05) is 34.5 Å². The first kappa shape index (κ1) is 28.9. The summed E-state index contributed by atoms with van der Waals surface area (Å²) in [6.45, 7) is 1.44. The van der Waals surface area contributed by atoms with Crippen molar-refractivity contribution in [3.63, 3.8) is 0 Å².